The molecule has 4 heteroatoms. The van der Waals surface area contributed by atoms with Gasteiger partial charge in [0, 0.05) is 12.7 Å². The molecule has 0 spiro atoms. The molecular weight excluding hydrogens is 164 g/mol. The smallest absolute Gasteiger partial charge is 0.102 e. The van der Waals surface area contributed by atoms with Crippen LogP contribution in [0.25, 0.3) is 0 Å². The van der Waals surface area contributed by atoms with Crippen molar-refractivity contribution < 1.29 is 0 Å². The van der Waals surface area contributed by atoms with Gasteiger partial charge in [-0.15, -0.1) is 0 Å². The van der Waals surface area contributed by atoms with E-state index in [0.717, 1.165) is 19.5 Å². The maximum atomic E-state index is 8.63. The third kappa shape index (κ3) is 1.70. The predicted octanol–water partition coefficient (Wildman–Crippen LogP) is 0.679. The van der Waals surface area contributed by atoms with Crippen molar-refractivity contribution >= 4 is 0 Å². The number of hydrogen-bond acceptors (Lipinski definition) is 3. The van der Waals surface area contributed by atoms with Crippen LogP contribution in [0.15, 0.2) is 12.4 Å². The molecule has 2 heterocycles. The largest absolute Gasteiger partial charge is 0.315 e. The first-order valence-corrected chi connectivity index (χ1v) is 4.55. The summed E-state index contributed by atoms with van der Waals surface area (Å²) in [7, 11) is 0. The van der Waals surface area contributed by atoms with Crippen LogP contribution < -0.4 is 5.32 Å². The van der Waals surface area contributed by atoms with Gasteiger partial charge in [-0.05, 0) is 19.4 Å². The lowest BCUT2D eigenvalue weighted by atomic mass is 10.1. The van der Waals surface area contributed by atoms with Crippen LogP contribution in [-0.4, -0.2) is 22.9 Å². The van der Waals surface area contributed by atoms with Crippen molar-refractivity contribution in [2.75, 3.05) is 13.1 Å². The van der Waals surface area contributed by atoms with Gasteiger partial charge in [0.15, 0.2) is 0 Å². The van der Waals surface area contributed by atoms with Gasteiger partial charge in [-0.25, -0.2) is 0 Å². The van der Waals surface area contributed by atoms with Gasteiger partial charge in [-0.1, -0.05) is 0 Å². The number of nitrogens with zero attached hydrogens (tertiary/aromatic N) is 3. The Balaban J connectivity index is 2.11. The fourth-order valence-corrected chi connectivity index (χ4v) is 1.65. The van der Waals surface area contributed by atoms with Crippen molar-refractivity contribution in [1.82, 2.24) is 15.1 Å². The normalized spacial score (nSPS) is 22.5. The zero-order valence-corrected chi connectivity index (χ0v) is 7.40. The van der Waals surface area contributed by atoms with Crippen molar-refractivity contribution in [1.29, 1.82) is 5.26 Å². The van der Waals surface area contributed by atoms with Crippen LogP contribution in [-0.2, 0) is 0 Å². The Labute approximate surface area is 77.2 Å². The monoisotopic (exact) mass is 176 g/mol. The first-order chi connectivity index (χ1) is 6.40. The molecule has 1 saturated heterocycles. The summed E-state index contributed by atoms with van der Waals surface area (Å²) in [5.41, 5.74) is 0.644. The summed E-state index contributed by atoms with van der Waals surface area (Å²) >= 11 is 0. The molecule has 4 nitrogen and oxygen atoms in total. The van der Waals surface area contributed by atoms with Gasteiger partial charge in [-0.2, -0.15) is 10.4 Å². The molecule has 0 amide bonds. The first kappa shape index (κ1) is 8.27. The third-order valence-corrected chi connectivity index (χ3v) is 2.38. The SMILES string of the molecule is N#Cc1cnn(C2CCCNC2)c1. The van der Waals surface area contributed by atoms with Gasteiger partial charge in [0.2, 0.25) is 0 Å². The molecule has 13 heavy (non-hydrogen) atoms. The molecule has 1 aliphatic heterocycles. The van der Waals surface area contributed by atoms with E-state index in [-0.39, 0.29) is 0 Å². The Morgan fingerprint density at radius 3 is 3.23 bits per heavy atom. The highest BCUT2D eigenvalue weighted by Crippen LogP contribution is 2.15. The second kappa shape index (κ2) is 3.58. The predicted molar refractivity (Wildman–Crippen MR) is 48.1 cm³/mol. The molecule has 2 rings (SSSR count). The molecule has 0 saturated carbocycles. The van der Waals surface area contributed by atoms with E-state index >= 15 is 0 Å². The Kier molecular flexibility index (Phi) is 2.28. The molecule has 0 radical (unpaired) electrons. The van der Waals surface area contributed by atoms with E-state index in [1.54, 1.807) is 6.20 Å². The second-order valence-electron chi connectivity index (χ2n) is 3.32. The maximum absolute atomic E-state index is 8.63. The molecule has 0 bridgehead atoms. The zero-order valence-electron chi connectivity index (χ0n) is 7.40. The fraction of sp³-hybridized carbons (Fsp3) is 0.556. The standard InChI is InChI=1S/C9H12N4/c10-4-8-5-12-13(7-8)9-2-1-3-11-6-9/h5,7,9,11H,1-3,6H2. The van der Waals surface area contributed by atoms with Crippen LogP contribution >= 0.6 is 0 Å². The van der Waals surface area contributed by atoms with Gasteiger partial charge >= 0.3 is 0 Å². The highest BCUT2D eigenvalue weighted by atomic mass is 15.3. The quantitative estimate of drug-likeness (QED) is 0.684. The lowest BCUT2D eigenvalue weighted by molar-refractivity contribution is 0.347. The van der Waals surface area contributed by atoms with Crippen molar-refractivity contribution in [3.05, 3.63) is 18.0 Å². The molecule has 1 aromatic rings. The lowest BCUT2D eigenvalue weighted by Crippen LogP contribution is -2.31. The number of rotatable bonds is 1. The third-order valence-electron chi connectivity index (χ3n) is 2.38. The van der Waals surface area contributed by atoms with Crippen molar-refractivity contribution in [2.45, 2.75) is 18.9 Å². The topological polar surface area (TPSA) is 53.6 Å². The Hall–Kier alpha value is -1.34. The Morgan fingerprint density at radius 1 is 1.69 bits per heavy atom. The molecule has 1 N–H and O–H groups in total. The Bertz CT molecular complexity index is 317. The van der Waals surface area contributed by atoms with E-state index in [1.807, 2.05) is 10.9 Å². The summed E-state index contributed by atoms with van der Waals surface area (Å²) in [6.45, 7) is 2.06. The van der Waals surface area contributed by atoms with Gasteiger partial charge in [0.1, 0.15) is 6.07 Å². The number of piperidine rings is 1. The first-order valence-electron chi connectivity index (χ1n) is 4.55. The van der Waals surface area contributed by atoms with Crippen molar-refractivity contribution in [3.8, 4) is 6.07 Å². The minimum Gasteiger partial charge on any atom is -0.315 e. The summed E-state index contributed by atoms with van der Waals surface area (Å²) in [6.07, 6.45) is 5.78. The number of hydrogen-bond donors (Lipinski definition) is 1. The van der Waals surface area contributed by atoms with Gasteiger partial charge in [0.05, 0.1) is 17.8 Å². The molecule has 0 aliphatic carbocycles. The molecule has 0 aromatic carbocycles. The highest BCUT2D eigenvalue weighted by molar-refractivity contribution is 5.21. The van der Waals surface area contributed by atoms with E-state index in [4.69, 9.17) is 5.26 Å². The summed E-state index contributed by atoms with van der Waals surface area (Å²) in [6, 6.07) is 2.51. The molecule has 1 fully saturated rings. The van der Waals surface area contributed by atoms with Crippen LogP contribution in [0.2, 0.25) is 0 Å². The van der Waals surface area contributed by atoms with E-state index in [0.29, 0.717) is 11.6 Å². The molecule has 1 aromatic heterocycles. The van der Waals surface area contributed by atoms with Crippen molar-refractivity contribution in [2.24, 2.45) is 0 Å². The van der Waals surface area contributed by atoms with E-state index < -0.39 is 0 Å². The van der Waals surface area contributed by atoms with E-state index in [2.05, 4.69) is 16.5 Å². The molecule has 68 valence electrons. The van der Waals surface area contributed by atoms with Crippen LogP contribution in [0.1, 0.15) is 24.4 Å². The van der Waals surface area contributed by atoms with Gasteiger partial charge in [-0.3, -0.25) is 4.68 Å². The molecule has 1 unspecified atom stereocenters. The second-order valence-corrected chi connectivity index (χ2v) is 3.32. The molecular formula is C9H12N4. The zero-order chi connectivity index (χ0) is 9.10. The summed E-state index contributed by atoms with van der Waals surface area (Å²) in [5.74, 6) is 0. The number of aromatic nitrogens is 2. The highest BCUT2D eigenvalue weighted by Gasteiger charge is 2.15. The average Bonchev–Trinajstić information content (AvgIpc) is 2.67. The number of nitrogens with one attached hydrogen (secondary N) is 1. The molecule has 1 atom stereocenters. The van der Waals surface area contributed by atoms with E-state index in [9.17, 15) is 0 Å². The van der Waals surface area contributed by atoms with Gasteiger partial charge in [0.25, 0.3) is 0 Å². The number of nitriles is 1. The summed E-state index contributed by atoms with van der Waals surface area (Å²) < 4.78 is 1.89. The summed E-state index contributed by atoms with van der Waals surface area (Å²) in [5, 5.41) is 16.1. The van der Waals surface area contributed by atoms with Gasteiger partial charge < -0.3 is 5.32 Å². The fourth-order valence-electron chi connectivity index (χ4n) is 1.65. The maximum Gasteiger partial charge on any atom is 0.102 e. The lowest BCUT2D eigenvalue weighted by Gasteiger charge is -2.22. The minimum atomic E-state index is 0.427. The van der Waals surface area contributed by atoms with Crippen molar-refractivity contribution in [3.63, 3.8) is 0 Å². The summed E-state index contributed by atoms with van der Waals surface area (Å²) in [4.78, 5) is 0. The Morgan fingerprint density at radius 2 is 2.62 bits per heavy atom. The van der Waals surface area contributed by atoms with Crippen LogP contribution in [0, 0.1) is 11.3 Å². The van der Waals surface area contributed by atoms with Crippen LogP contribution in [0.4, 0.5) is 0 Å². The average molecular weight is 176 g/mol. The van der Waals surface area contributed by atoms with E-state index in [1.165, 1.54) is 6.42 Å². The van der Waals surface area contributed by atoms with Crippen LogP contribution in [0.5, 0.6) is 0 Å². The molecule has 1 aliphatic rings. The van der Waals surface area contributed by atoms with Crippen LogP contribution in [0.3, 0.4) is 0 Å². The minimum absolute atomic E-state index is 0.427.